The van der Waals surface area contributed by atoms with Crippen molar-refractivity contribution in [1.82, 2.24) is 4.90 Å². The molecule has 2 atom stereocenters. The fourth-order valence-corrected chi connectivity index (χ4v) is 1.94. The van der Waals surface area contributed by atoms with Gasteiger partial charge in [-0.2, -0.15) is 0 Å². The molecule has 1 heterocycles. The lowest BCUT2D eigenvalue weighted by Crippen LogP contribution is -2.42. The molecule has 1 rings (SSSR count). The number of nitrogens with zero attached hydrogens (tertiary/aromatic N) is 1. The molecule has 6 nitrogen and oxygen atoms in total. The van der Waals surface area contributed by atoms with Crippen molar-refractivity contribution < 1.29 is 28.6 Å². The minimum Gasteiger partial charge on any atom is -0.481 e. The minimum atomic E-state index is -1.10. The zero-order chi connectivity index (χ0) is 15.3. The van der Waals surface area contributed by atoms with Gasteiger partial charge in [-0.15, -0.1) is 0 Å². The average molecular weight is 291 g/mol. The van der Waals surface area contributed by atoms with Crippen molar-refractivity contribution >= 4 is 12.1 Å². The number of aliphatic carboxylic acids is 1. The first-order chi connectivity index (χ1) is 9.19. The molecule has 0 radical (unpaired) electrons. The van der Waals surface area contributed by atoms with Gasteiger partial charge in [-0.25, -0.2) is 9.18 Å². The van der Waals surface area contributed by atoms with Gasteiger partial charge in [-0.3, -0.25) is 9.69 Å². The molecular formula is C13H22FNO5. The first-order valence-electron chi connectivity index (χ1n) is 6.62. The van der Waals surface area contributed by atoms with Crippen LogP contribution in [0, 0.1) is 0 Å². The van der Waals surface area contributed by atoms with Crippen molar-refractivity contribution in [3.05, 3.63) is 0 Å². The standard InChI is InChI=1S/C13H22FNO5/c1-13(2,3)20-12(18)15-7-9(14)6-10(15)8-19-5-4-11(16)17/h9-10H,4-8H2,1-3H3,(H,16,17)/t9-,10-/m0/s1. The lowest BCUT2D eigenvalue weighted by Gasteiger charge is -2.28. The zero-order valence-corrected chi connectivity index (χ0v) is 12.1. The maximum absolute atomic E-state index is 13.5. The number of carboxylic acids is 1. The lowest BCUT2D eigenvalue weighted by atomic mass is 10.2. The van der Waals surface area contributed by atoms with Crippen LogP contribution in [0.5, 0.6) is 0 Å². The number of rotatable bonds is 5. The molecule has 1 aliphatic heterocycles. The third kappa shape index (κ3) is 5.73. The van der Waals surface area contributed by atoms with Gasteiger partial charge in [0.15, 0.2) is 0 Å². The Morgan fingerprint density at radius 2 is 2.05 bits per heavy atom. The smallest absolute Gasteiger partial charge is 0.410 e. The number of carbonyl (C=O) groups is 2. The Bertz CT molecular complexity index is 355. The molecule has 0 aromatic carbocycles. The number of amides is 1. The third-order valence-electron chi connectivity index (χ3n) is 2.76. The van der Waals surface area contributed by atoms with Crippen LogP contribution in [0.15, 0.2) is 0 Å². The SMILES string of the molecule is CC(C)(C)OC(=O)N1C[C@@H](F)C[C@H]1COCCC(=O)O. The highest BCUT2D eigenvalue weighted by atomic mass is 19.1. The summed E-state index contributed by atoms with van der Waals surface area (Å²) < 4.78 is 23.9. The molecule has 0 aliphatic carbocycles. The Morgan fingerprint density at radius 3 is 2.60 bits per heavy atom. The van der Waals surface area contributed by atoms with Gasteiger partial charge in [0.1, 0.15) is 11.8 Å². The van der Waals surface area contributed by atoms with Crippen molar-refractivity contribution in [1.29, 1.82) is 0 Å². The molecule has 7 heteroatoms. The van der Waals surface area contributed by atoms with E-state index in [0.717, 1.165) is 0 Å². The monoisotopic (exact) mass is 291 g/mol. The normalized spacial score (nSPS) is 22.9. The predicted molar refractivity (Wildman–Crippen MR) is 69.3 cm³/mol. The zero-order valence-electron chi connectivity index (χ0n) is 12.1. The van der Waals surface area contributed by atoms with E-state index in [1.165, 1.54) is 4.90 Å². The third-order valence-corrected chi connectivity index (χ3v) is 2.76. The number of likely N-dealkylation sites (tertiary alicyclic amines) is 1. The fourth-order valence-electron chi connectivity index (χ4n) is 1.94. The van der Waals surface area contributed by atoms with Gasteiger partial charge in [-0.1, -0.05) is 0 Å². The highest BCUT2D eigenvalue weighted by molar-refractivity contribution is 5.69. The van der Waals surface area contributed by atoms with Crippen LogP contribution in [0.25, 0.3) is 0 Å². The number of hydrogen-bond donors (Lipinski definition) is 1. The second kappa shape index (κ2) is 6.88. The predicted octanol–water partition coefficient (Wildman–Crippen LogP) is 1.83. The average Bonchev–Trinajstić information content (AvgIpc) is 2.63. The highest BCUT2D eigenvalue weighted by Crippen LogP contribution is 2.23. The Balaban J connectivity index is 2.47. The van der Waals surface area contributed by atoms with Crippen molar-refractivity contribution in [2.24, 2.45) is 0 Å². The molecule has 1 saturated heterocycles. The maximum atomic E-state index is 13.5. The summed E-state index contributed by atoms with van der Waals surface area (Å²) in [6, 6.07) is -0.409. The van der Waals surface area contributed by atoms with Gasteiger partial charge in [0.25, 0.3) is 0 Å². The molecule has 20 heavy (non-hydrogen) atoms. The van der Waals surface area contributed by atoms with E-state index in [1.54, 1.807) is 20.8 Å². The molecule has 0 bridgehead atoms. The van der Waals surface area contributed by atoms with Crippen molar-refractivity contribution in [2.45, 2.75) is 51.4 Å². The molecule has 1 fully saturated rings. The van der Waals surface area contributed by atoms with Crippen molar-refractivity contribution in [3.8, 4) is 0 Å². The van der Waals surface area contributed by atoms with E-state index < -0.39 is 29.9 Å². The Kier molecular flexibility index (Phi) is 5.74. The van der Waals surface area contributed by atoms with Crippen LogP contribution in [-0.2, 0) is 14.3 Å². The number of hydrogen-bond acceptors (Lipinski definition) is 4. The first-order valence-corrected chi connectivity index (χ1v) is 6.62. The lowest BCUT2D eigenvalue weighted by molar-refractivity contribution is -0.138. The summed E-state index contributed by atoms with van der Waals surface area (Å²) in [6.45, 7) is 5.38. The van der Waals surface area contributed by atoms with Gasteiger partial charge in [0.2, 0.25) is 0 Å². The van der Waals surface area contributed by atoms with Gasteiger partial charge >= 0.3 is 12.1 Å². The van der Waals surface area contributed by atoms with E-state index >= 15 is 0 Å². The summed E-state index contributed by atoms with van der Waals surface area (Å²) in [4.78, 5) is 23.6. The molecule has 1 amide bonds. The van der Waals surface area contributed by atoms with Crippen molar-refractivity contribution in [2.75, 3.05) is 19.8 Å². The number of alkyl halides is 1. The Hall–Kier alpha value is -1.37. The van der Waals surface area contributed by atoms with Crippen molar-refractivity contribution in [3.63, 3.8) is 0 Å². The minimum absolute atomic E-state index is 0.0120. The van der Waals surface area contributed by atoms with E-state index in [2.05, 4.69) is 0 Å². The first kappa shape index (κ1) is 16.7. The summed E-state index contributed by atoms with van der Waals surface area (Å²) >= 11 is 0. The van der Waals surface area contributed by atoms with Crippen LogP contribution >= 0.6 is 0 Å². The van der Waals surface area contributed by atoms with E-state index in [0.29, 0.717) is 0 Å². The Morgan fingerprint density at radius 1 is 1.40 bits per heavy atom. The highest BCUT2D eigenvalue weighted by Gasteiger charge is 2.37. The van der Waals surface area contributed by atoms with Crippen LogP contribution in [-0.4, -0.2) is 59.6 Å². The van der Waals surface area contributed by atoms with Crippen LogP contribution in [0.1, 0.15) is 33.6 Å². The largest absolute Gasteiger partial charge is 0.481 e. The fraction of sp³-hybridized carbons (Fsp3) is 0.846. The second-order valence-corrected chi connectivity index (χ2v) is 5.84. The molecule has 0 saturated carbocycles. The van der Waals surface area contributed by atoms with Crippen LogP contribution in [0.3, 0.4) is 0 Å². The summed E-state index contributed by atoms with van der Waals surface area (Å²) in [6.07, 6.45) is -1.59. The van der Waals surface area contributed by atoms with Crippen LogP contribution < -0.4 is 0 Å². The molecule has 0 unspecified atom stereocenters. The van der Waals surface area contributed by atoms with E-state index in [9.17, 15) is 14.0 Å². The summed E-state index contributed by atoms with van der Waals surface area (Å²) in [5.74, 6) is -0.955. The number of carboxylic acid groups (broad SMARTS) is 1. The topological polar surface area (TPSA) is 76.1 Å². The maximum Gasteiger partial charge on any atom is 0.410 e. The van der Waals surface area contributed by atoms with Crippen LogP contribution in [0.4, 0.5) is 9.18 Å². The summed E-state index contributed by atoms with van der Waals surface area (Å²) in [7, 11) is 0. The van der Waals surface area contributed by atoms with Gasteiger partial charge < -0.3 is 14.6 Å². The van der Waals surface area contributed by atoms with E-state index in [1.807, 2.05) is 0 Å². The quantitative estimate of drug-likeness (QED) is 0.782. The Labute approximate surface area is 117 Å². The summed E-state index contributed by atoms with van der Waals surface area (Å²) in [5, 5.41) is 8.49. The number of carbonyl (C=O) groups excluding carboxylic acids is 1. The van der Waals surface area contributed by atoms with Crippen LogP contribution in [0.2, 0.25) is 0 Å². The van der Waals surface area contributed by atoms with Gasteiger partial charge in [-0.05, 0) is 20.8 Å². The van der Waals surface area contributed by atoms with E-state index in [4.69, 9.17) is 14.6 Å². The number of halogens is 1. The van der Waals surface area contributed by atoms with Gasteiger partial charge in [0, 0.05) is 6.42 Å². The second-order valence-electron chi connectivity index (χ2n) is 5.84. The molecule has 0 spiro atoms. The summed E-state index contributed by atoms with van der Waals surface area (Å²) in [5.41, 5.74) is -0.639. The molecule has 1 N–H and O–H groups in total. The van der Waals surface area contributed by atoms with Gasteiger partial charge in [0.05, 0.1) is 32.2 Å². The number of ether oxygens (including phenoxy) is 2. The molecule has 0 aromatic heterocycles. The molecule has 116 valence electrons. The molecular weight excluding hydrogens is 269 g/mol. The molecule has 0 aromatic rings. The van der Waals surface area contributed by atoms with E-state index in [-0.39, 0.29) is 32.6 Å². The molecule has 1 aliphatic rings.